The Kier molecular flexibility index (Phi) is 2.60. The van der Waals surface area contributed by atoms with Crippen molar-refractivity contribution in [3.8, 4) is 5.75 Å². The molecule has 1 fully saturated rings. The van der Waals surface area contributed by atoms with Crippen LogP contribution < -0.4 is 5.32 Å². The highest BCUT2D eigenvalue weighted by molar-refractivity contribution is 6.00. The lowest BCUT2D eigenvalue weighted by Crippen LogP contribution is -2.39. The van der Waals surface area contributed by atoms with Crippen LogP contribution in [0.5, 0.6) is 5.75 Å². The Morgan fingerprint density at radius 2 is 2.06 bits per heavy atom. The van der Waals surface area contributed by atoms with Crippen molar-refractivity contribution in [1.82, 2.24) is 5.32 Å². The van der Waals surface area contributed by atoms with Crippen molar-refractivity contribution in [3.05, 3.63) is 29.6 Å². The molecule has 0 aromatic heterocycles. The van der Waals surface area contributed by atoms with Crippen LogP contribution in [0.2, 0.25) is 0 Å². The van der Waals surface area contributed by atoms with Gasteiger partial charge in [-0.3, -0.25) is 14.9 Å². The van der Waals surface area contributed by atoms with E-state index in [2.05, 4.69) is 5.32 Å². The highest BCUT2D eigenvalue weighted by Crippen LogP contribution is 2.27. The summed E-state index contributed by atoms with van der Waals surface area (Å²) in [7, 11) is 0. The molecule has 2 rings (SSSR count). The van der Waals surface area contributed by atoms with Gasteiger partial charge in [0, 0.05) is 12.5 Å². The van der Waals surface area contributed by atoms with Crippen molar-refractivity contribution in [2.24, 2.45) is 0 Å². The summed E-state index contributed by atoms with van der Waals surface area (Å²) in [6.07, 6.45) is 0.571. The van der Waals surface area contributed by atoms with Gasteiger partial charge in [-0.1, -0.05) is 0 Å². The quantitative estimate of drug-likeness (QED) is 0.699. The molecule has 4 nitrogen and oxygen atoms in total. The van der Waals surface area contributed by atoms with Gasteiger partial charge >= 0.3 is 0 Å². The first-order valence-corrected chi connectivity index (χ1v) is 4.89. The van der Waals surface area contributed by atoms with E-state index in [0.717, 1.165) is 6.07 Å². The van der Waals surface area contributed by atoms with Gasteiger partial charge in [-0.05, 0) is 24.1 Å². The minimum atomic E-state index is -0.597. The van der Waals surface area contributed by atoms with Gasteiger partial charge in [0.2, 0.25) is 11.8 Å². The number of nitrogens with one attached hydrogen (secondary N) is 1. The van der Waals surface area contributed by atoms with Gasteiger partial charge in [0.25, 0.3) is 0 Å². The van der Waals surface area contributed by atoms with Gasteiger partial charge in [-0.2, -0.15) is 0 Å². The van der Waals surface area contributed by atoms with Crippen molar-refractivity contribution < 1.29 is 19.1 Å². The number of phenolic OH excluding ortho intramolecular Hbond substituents is 1. The summed E-state index contributed by atoms with van der Waals surface area (Å²) in [4.78, 5) is 22.4. The first-order chi connectivity index (χ1) is 7.56. The monoisotopic (exact) mass is 223 g/mol. The molecule has 1 saturated heterocycles. The maximum Gasteiger partial charge on any atom is 0.234 e. The van der Waals surface area contributed by atoms with E-state index < -0.39 is 17.6 Å². The molecule has 1 atom stereocenters. The zero-order chi connectivity index (χ0) is 11.7. The van der Waals surface area contributed by atoms with Gasteiger partial charge in [0.05, 0.1) is 5.92 Å². The standard InChI is InChI=1S/C11H10FNO3/c12-7-3-6(4-8(14)5-7)9-1-2-10(15)13-11(9)16/h3-5,9,14H,1-2H2,(H,13,15,16). The molecule has 1 aromatic rings. The number of hydrogen-bond acceptors (Lipinski definition) is 3. The maximum atomic E-state index is 13.0. The summed E-state index contributed by atoms with van der Waals surface area (Å²) in [6, 6.07) is 3.50. The Morgan fingerprint density at radius 1 is 1.31 bits per heavy atom. The Morgan fingerprint density at radius 3 is 2.69 bits per heavy atom. The van der Waals surface area contributed by atoms with E-state index in [1.807, 2.05) is 0 Å². The average Bonchev–Trinajstić information content (AvgIpc) is 2.15. The van der Waals surface area contributed by atoms with Crippen LogP contribution in [0.3, 0.4) is 0 Å². The number of benzene rings is 1. The molecule has 1 aliphatic rings. The zero-order valence-corrected chi connectivity index (χ0v) is 8.37. The average molecular weight is 223 g/mol. The molecule has 1 aliphatic heterocycles. The summed E-state index contributed by atoms with van der Waals surface area (Å²) in [6.45, 7) is 0. The second kappa shape index (κ2) is 3.92. The molecule has 0 spiro atoms. The third kappa shape index (κ3) is 2.03. The van der Waals surface area contributed by atoms with Crippen LogP contribution in [-0.2, 0) is 9.59 Å². The highest BCUT2D eigenvalue weighted by atomic mass is 19.1. The first kappa shape index (κ1) is 10.6. The predicted molar refractivity (Wildman–Crippen MR) is 53.2 cm³/mol. The predicted octanol–water partition coefficient (Wildman–Crippen LogP) is 1.05. The molecule has 16 heavy (non-hydrogen) atoms. The number of piperidine rings is 1. The molecular formula is C11H10FNO3. The summed E-state index contributed by atoms with van der Waals surface area (Å²) in [5.41, 5.74) is 0.391. The molecule has 1 heterocycles. The molecule has 0 radical (unpaired) electrons. The van der Waals surface area contributed by atoms with Gasteiger partial charge in [0.1, 0.15) is 11.6 Å². The van der Waals surface area contributed by atoms with Crippen molar-refractivity contribution in [3.63, 3.8) is 0 Å². The molecular weight excluding hydrogens is 213 g/mol. The summed E-state index contributed by atoms with van der Waals surface area (Å²) < 4.78 is 13.0. The molecule has 2 amide bonds. The van der Waals surface area contributed by atoms with Crippen molar-refractivity contribution in [2.75, 3.05) is 0 Å². The minimum Gasteiger partial charge on any atom is -0.508 e. The molecule has 1 aromatic carbocycles. The number of aromatic hydroxyl groups is 1. The SMILES string of the molecule is O=C1CCC(c2cc(O)cc(F)c2)C(=O)N1. The Hall–Kier alpha value is -1.91. The van der Waals surface area contributed by atoms with Crippen molar-refractivity contribution in [1.29, 1.82) is 0 Å². The Labute approximate surface area is 91.1 Å². The lowest BCUT2D eigenvalue weighted by atomic mass is 9.90. The van der Waals surface area contributed by atoms with Crippen molar-refractivity contribution in [2.45, 2.75) is 18.8 Å². The molecule has 0 bridgehead atoms. The van der Waals surface area contributed by atoms with Crippen LogP contribution in [0.1, 0.15) is 24.3 Å². The lowest BCUT2D eigenvalue weighted by molar-refractivity contribution is -0.134. The zero-order valence-electron chi connectivity index (χ0n) is 8.37. The molecule has 84 valence electrons. The van der Waals surface area contributed by atoms with Crippen LogP contribution >= 0.6 is 0 Å². The largest absolute Gasteiger partial charge is 0.508 e. The van der Waals surface area contributed by atoms with Crippen molar-refractivity contribution >= 4 is 11.8 Å². The third-order valence-corrected chi connectivity index (χ3v) is 2.55. The second-order valence-electron chi connectivity index (χ2n) is 3.75. The molecule has 0 saturated carbocycles. The van der Waals surface area contributed by atoms with Gasteiger partial charge in [-0.15, -0.1) is 0 Å². The Balaban J connectivity index is 2.30. The van der Waals surface area contributed by atoms with Crippen LogP contribution in [0.15, 0.2) is 18.2 Å². The van der Waals surface area contributed by atoms with Crippen LogP contribution in [0, 0.1) is 5.82 Å². The Bertz CT molecular complexity index is 438. The number of carbonyl (C=O) groups is 2. The van der Waals surface area contributed by atoms with E-state index in [-0.39, 0.29) is 18.1 Å². The number of amides is 2. The molecule has 5 heteroatoms. The smallest absolute Gasteiger partial charge is 0.234 e. The summed E-state index contributed by atoms with van der Waals surface area (Å²) in [5.74, 6) is -2.15. The van der Waals surface area contributed by atoms with E-state index in [1.54, 1.807) is 0 Å². The molecule has 0 aliphatic carbocycles. The van der Waals surface area contributed by atoms with E-state index in [4.69, 9.17) is 0 Å². The normalized spacial score (nSPS) is 20.7. The van der Waals surface area contributed by atoms with Crippen LogP contribution in [-0.4, -0.2) is 16.9 Å². The third-order valence-electron chi connectivity index (χ3n) is 2.55. The summed E-state index contributed by atoms with van der Waals surface area (Å²) in [5, 5.41) is 11.4. The topological polar surface area (TPSA) is 66.4 Å². The summed E-state index contributed by atoms with van der Waals surface area (Å²) >= 11 is 0. The number of imide groups is 1. The molecule has 1 unspecified atom stereocenters. The fraction of sp³-hybridized carbons (Fsp3) is 0.273. The van der Waals surface area contributed by atoms with E-state index in [1.165, 1.54) is 12.1 Å². The highest BCUT2D eigenvalue weighted by Gasteiger charge is 2.28. The number of phenols is 1. The molecule has 2 N–H and O–H groups in total. The second-order valence-corrected chi connectivity index (χ2v) is 3.75. The lowest BCUT2D eigenvalue weighted by Gasteiger charge is -2.21. The van der Waals surface area contributed by atoms with Gasteiger partial charge in [0.15, 0.2) is 0 Å². The number of hydrogen-bond donors (Lipinski definition) is 2. The van der Waals surface area contributed by atoms with Gasteiger partial charge < -0.3 is 5.11 Å². The van der Waals surface area contributed by atoms with E-state index in [9.17, 15) is 19.1 Å². The number of carbonyl (C=O) groups excluding carboxylic acids is 2. The van der Waals surface area contributed by atoms with Gasteiger partial charge in [-0.25, -0.2) is 4.39 Å². The maximum absolute atomic E-state index is 13.0. The fourth-order valence-electron chi connectivity index (χ4n) is 1.81. The first-order valence-electron chi connectivity index (χ1n) is 4.89. The minimum absolute atomic E-state index is 0.222. The number of rotatable bonds is 1. The van der Waals surface area contributed by atoms with E-state index in [0.29, 0.717) is 12.0 Å². The van der Waals surface area contributed by atoms with Crippen LogP contribution in [0.4, 0.5) is 4.39 Å². The van der Waals surface area contributed by atoms with Crippen LogP contribution in [0.25, 0.3) is 0 Å². The number of halogens is 1. The fourth-order valence-corrected chi connectivity index (χ4v) is 1.81. The van der Waals surface area contributed by atoms with E-state index >= 15 is 0 Å².